The summed E-state index contributed by atoms with van der Waals surface area (Å²) in [6.07, 6.45) is 5.59. The number of nitrogens with zero attached hydrogens (tertiary/aromatic N) is 2. The van der Waals surface area contributed by atoms with Crippen LogP contribution >= 0.6 is 11.6 Å². The maximum Gasteiger partial charge on any atom is 0.253 e. The zero-order valence-corrected chi connectivity index (χ0v) is 15.2. The number of carbonyl (C=O) groups excluding carboxylic acids is 1. The van der Waals surface area contributed by atoms with Crippen LogP contribution in [-0.2, 0) is 4.79 Å². The summed E-state index contributed by atoms with van der Waals surface area (Å²) < 4.78 is 0. The molecule has 0 bridgehead atoms. The van der Waals surface area contributed by atoms with Crippen molar-refractivity contribution >= 4 is 17.5 Å². The van der Waals surface area contributed by atoms with E-state index in [4.69, 9.17) is 11.6 Å². The van der Waals surface area contributed by atoms with E-state index in [1.165, 1.54) is 25.7 Å². The van der Waals surface area contributed by atoms with Gasteiger partial charge in [0.25, 0.3) is 5.91 Å². The first-order chi connectivity index (χ1) is 11.1. The predicted molar refractivity (Wildman–Crippen MR) is 93.3 cm³/mol. The highest BCUT2D eigenvalue weighted by atomic mass is 35.5. The fourth-order valence-electron chi connectivity index (χ4n) is 4.71. The molecule has 0 aromatic heterocycles. The highest BCUT2D eigenvalue weighted by Crippen LogP contribution is 2.34. The molecule has 6 heteroatoms. The van der Waals surface area contributed by atoms with Crippen LogP contribution < -0.4 is 10.9 Å². The minimum absolute atomic E-state index is 0.102. The molecule has 5 atom stereocenters. The number of nitrogens with one attached hydrogen (secondary N) is 2. The fourth-order valence-corrected chi connectivity index (χ4v) is 5.02. The molecule has 2 N–H and O–H groups in total. The summed E-state index contributed by atoms with van der Waals surface area (Å²) in [5, 5.41) is -0.446. The largest absolute Gasteiger partial charge is 0.298 e. The van der Waals surface area contributed by atoms with Crippen molar-refractivity contribution in [3.63, 3.8) is 0 Å². The monoisotopic (exact) mass is 342 g/mol. The molecule has 2 saturated heterocycles. The first-order valence-corrected chi connectivity index (χ1v) is 9.66. The summed E-state index contributed by atoms with van der Waals surface area (Å²) in [7, 11) is 0. The van der Waals surface area contributed by atoms with Crippen molar-refractivity contribution in [1.29, 1.82) is 0 Å². The molecule has 1 amide bonds. The molecule has 5 nitrogen and oxygen atoms in total. The van der Waals surface area contributed by atoms with Crippen molar-refractivity contribution in [1.82, 2.24) is 20.7 Å². The Labute approximate surface area is 145 Å². The Kier molecular flexibility index (Phi) is 5.83. The van der Waals surface area contributed by atoms with Crippen molar-refractivity contribution in [2.75, 3.05) is 32.7 Å². The van der Waals surface area contributed by atoms with Crippen molar-refractivity contribution in [3.05, 3.63) is 0 Å². The smallest absolute Gasteiger partial charge is 0.253 e. The number of rotatable bonds is 3. The summed E-state index contributed by atoms with van der Waals surface area (Å²) in [5.41, 5.74) is 5.58. The van der Waals surface area contributed by atoms with Crippen LogP contribution in [0.3, 0.4) is 0 Å². The molecule has 1 aliphatic carbocycles. The third kappa shape index (κ3) is 3.84. The number of halogens is 1. The molecule has 23 heavy (non-hydrogen) atoms. The number of hydrazine groups is 1. The lowest BCUT2D eigenvalue weighted by Crippen LogP contribution is -2.65. The average molecular weight is 343 g/mol. The van der Waals surface area contributed by atoms with Crippen LogP contribution in [0.25, 0.3) is 0 Å². The molecule has 0 aromatic rings. The van der Waals surface area contributed by atoms with Gasteiger partial charge in [0.05, 0.1) is 0 Å². The number of hydrogen-bond donors (Lipinski definition) is 2. The van der Waals surface area contributed by atoms with Gasteiger partial charge in [-0.1, -0.05) is 26.2 Å². The molecule has 0 radical (unpaired) electrons. The molecular weight excluding hydrogens is 312 g/mol. The van der Waals surface area contributed by atoms with E-state index in [9.17, 15) is 4.79 Å². The van der Waals surface area contributed by atoms with E-state index in [0.717, 1.165) is 44.6 Å². The van der Waals surface area contributed by atoms with Gasteiger partial charge in [0, 0.05) is 44.8 Å². The Hall–Kier alpha value is -0.360. The number of alkyl halides is 1. The Morgan fingerprint density at radius 3 is 2.57 bits per heavy atom. The summed E-state index contributed by atoms with van der Waals surface area (Å²) in [4.78, 5) is 16.8. The lowest BCUT2D eigenvalue weighted by Gasteiger charge is -2.46. The van der Waals surface area contributed by atoms with Gasteiger partial charge in [0.15, 0.2) is 0 Å². The van der Waals surface area contributed by atoms with Crippen LogP contribution in [0.1, 0.15) is 39.5 Å². The first kappa shape index (κ1) is 17.5. The van der Waals surface area contributed by atoms with E-state index in [1.807, 2.05) is 0 Å². The quantitative estimate of drug-likeness (QED) is 0.762. The van der Waals surface area contributed by atoms with Crippen molar-refractivity contribution in [2.45, 2.75) is 57.0 Å². The summed E-state index contributed by atoms with van der Waals surface area (Å²) in [5.74, 6) is 1.60. The molecule has 2 heterocycles. The van der Waals surface area contributed by atoms with E-state index in [0.29, 0.717) is 6.04 Å². The Morgan fingerprint density at radius 2 is 1.87 bits per heavy atom. The molecule has 0 spiro atoms. The van der Waals surface area contributed by atoms with Crippen LogP contribution in [-0.4, -0.2) is 65.9 Å². The molecule has 2 aliphatic heterocycles. The fraction of sp³-hybridized carbons (Fsp3) is 0.941. The average Bonchev–Trinajstić information content (AvgIpc) is 2.57. The van der Waals surface area contributed by atoms with E-state index >= 15 is 0 Å². The zero-order chi connectivity index (χ0) is 16.4. The van der Waals surface area contributed by atoms with Gasteiger partial charge in [-0.05, 0) is 25.2 Å². The van der Waals surface area contributed by atoms with Crippen LogP contribution in [0.4, 0.5) is 0 Å². The standard InChI is InChI=1S/C17H31ClN4O/c1-12-5-3-4-6-14(12)13(2)21-7-9-22(10-8-21)15-11-19-20-17(23)16(15)18/h12-16,19H,3-11H2,1-2H3,(H,20,23)/t12?,13-,14?,15?,16?/m0/s1. The molecular formula is C17H31ClN4O. The van der Waals surface area contributed by atoms with E-state index in [1.54, 1.807) is 0 Å². The lowest BCUT2D eigenvalue weighted by atomic mass is 9.76. The Morgan fingerprint density at radius 1 is 1.17 bits per heavy atom. The van der Waals surface area contributed by atoms with Crippen molar-refractivity contribution in [2.24, 2.45) is 11.8 Å². The number of carbonyl (C=O) groups is 1. The molecule has 132 valence electrons. The molecule has 0 aromatic carbocycles. The van der Waals surface area contributed by atoms with Gasteiger partial charge in [-0.25, -0.2) is 5.43 Å². The highest BCUT2D eigenvalue weighted by Gasteiger charge is 2.37. The second-order valence-electron chi connectivity index (χ2n) is 7.58. The van der Waals surface area contributed by atoms with Crippen molar-refractivity contribution in [3.8, 4) is 0 Å². The first-order valence-electron chi connectivity index (χ1n) is 9.23. The maximum atomic E-state index is 11.7. The van der Waals surface area contributed by atoms with E-state index in [-0.39, 0.29) is 11.9 Å². The minimum Gasteiger partial charge on any atom is -0.298 e. The van der Waals surface area contributed by atoms with Gasteiger partial charge in [0.1, 0.15) is 5.38 Å². The van der Waals surface area contributed by atoms with Gasteiger partial charge in [-0.3, -0.25) is 20.0 Å². The highest BCUT2D eigenvalue weighted by molar-refractivity contribution is 6.31. The van der Waals surface area contributed by atoms with Crippen molar-refractivity contribution < 1.29 is 4.79 Å². The number of piperazine rings is 1. The number of hydrogen-bond acceptors (Lipinski definition) is 4. The third-order valence-corrected chi connectivity index (χ3v) is 6.79. The third-order valence-electron chi connectivity index (χ3n) is 6.30. The van der Waals surface area contributed by atoms with E-state index in [2.05, 4.69) is 34.5 Å². The maximum absolute atomic E-state index is 11.7. The Bertz CT molecular complexity index is 413. The van der Waals surface area contributed by atoms with E-state index < -0.39 is 5.38 Å². The lowest BCUT2D eigenvalue weighted by molar-refractivity contribution is -0.125. The van der Waals surface area contributed by atoms with Crippen LogP contribution in [0.5, 0.6) is 0 Å². The van der Waals surface area contributed by atoms with Crippen LogP contribution in [0.15, 0.2) is 0 Å². The van der Waals surface area contributed by atoms with Gasteiger partial charge < -0.3 is 0 Å². The molecule has 1 saturated carbocycles. The zero-order valence-electron chi connectivity index (χ0n) is 14.4. The SMILES string of the molecule is CC1CCCCC1[C@H](C)N1CCN(C2CNNC(=O)C2Cl)CC1. The summed E-state index contributed by atoms with van der Waals surface area (Å²) >= 11 is 6.30. The predicted octanol–water partition coefficient (Wildman–Crippen LogP) is 1.43. The molecule has 3 aliphatic rings. The van der Waals surface area contributed by atoms with Crippen LogP contribution in [0, 0.1) is 11.8 Å². The summed E-state index contributed by atoms with van der Waals surface area (Å²) in [6.45, 7) is 9.78. The van der Waals surface area contributed by atoms with Gasteiger partial charge >= 0.3 is 0 Å². The molecule has 3 fully saturated rings. The second-order valence-corrected chi connectivity index (χ2v) is 8.05. The molecule has 3 rings (SSSR count). The molecule has 4 unspecified atom stereocenters. The Balaban J connectivity index is 1.52. The number of amides is 1. The topological polar surface area (TPSA) is 47.6 Å². The van der Waals surface area contributed by atoms with Gasteiger partial charge in [-0.15, -0.1) is 11.6 Å². The van der Waals surface area contributed by atoms with Crippen LogP contribution in [0.2, 0.25) is 0 Å². The second kappa shape index (κ2) is 7.68. The minimum atomic E-state index is -0.446. The summed E-state index contributed by atoms with van der Waals surface area (Å²) in [6, 6.07) is 0.781. The van der Waals surface area contributed by atoms with Gasteiger partial charge in [-0.2, -0.15) is 0 Å². The normalized spacial score (nSPS) is 39.0. The van der Waals surface area contributed by atoms with Gasteiger partial charge in [0.2, 0.25) is 0 Å².